The van der Waals surface area contributed by atoms with Crippen LogP contribution >= 0.6 is 0 Å². The number of hydrogen-bond donors (Lipinski definition) is 2. The van der Waals surface area contributed by atoms with Gasteiger partial charge in [0.2, 0.25) is 0 Å². The molecule has 1 unspecified atom stereocenters. The molecule has 4 nitrogen and oxygen atoms in total. The van der Waals surface area contributed by atoms with E-state index in [-0.39, 0.29) is 24.2 Å². The van der Waals surface area contributed by atoms with Gasteiger partial charge in [0.1, 0.15) is 11.4 Å². The highest BCUT2D eigenvalue weighted by atomic mass is 19.1. The second kappa shape index (κ2) is 6.62. The highest BCUT2D eigenvalue weighted by Gasteiger charge is 2.18. The molecule has 1 amide bonds. The summed E-state index contributed by atoms with van der Waals surface area (Å²) in [5.41, 5.74) is 1.35. The Morgan fingerprint density at radius 1 is 1.17 bits per heavy atom. The molecule has 0 aliphatic carbocycles. The van der Waals surface area contributed by atoms with Crippen molar-refractivity contribution in [2.24, 2.45) is 0 Å². The van der Waals surface area contributed by atoms with E-state index in [1.165, 1.54) is 24.3 Å². The number of amides is 1. The van der Waals surface area contributed by atoms with Crippen molar-refractivity contribution in [3.63, 3.8) is 0 Å². The Kier molecular flexibility index (Phi) is 4.39. The third-order valence-electron chi connectivity index (χ3n) is 3.63. The molecule has 0 fully saturated rings. The third-order valence-corrected chi connectivity index (χ3v) is 3.63. The number of carbonyl (C=O) groups excluding carboxylic acids is 1. The maximum Gasteiger partial charge on any atom is 0.287 e. The highest BCUT2D eigenvalue weighted by Crippen LogP contribution is 2.22. The van der Waals surface area contributed by atoms with Crippen LogP contribution in [0.4, 0.5) is 4.39 Å². The van der Waals surface area contributed by atoms with Gasteiger partial charge in [0.15, 0.2) is 5.76 Å². The van der Waals surface area contributed by atoms with Crippen molar-refractivity contribution in [3.05, 3.63) is 71.7 Å². The molecule has 0 aliphatic heterocycles. The van der Waals surface area contributed by atoms with E-state index in [1.807, 2.05) is 30.3 Å². The molecular weight excluding hydrogens is 297 g/mol. The van der Waals surface area contributed by atoms with Gasteiger partial charge in [0.05, 0.1) is 6.04 Å². The second-order valence-corrected chi connectivity index (χ2v) is 5.24. The Morgan fingerprint density at radius 3 is 2.70 bits per heavy atom. The van der Waals surface area contributed by atoms with E-state index >= 15 is 0 Å². The second-order valence-electron chi connectivity index (χ2n) is 5.24. The molecule has 118 valence electrons. The number of aliphatic hydroxyl groups is 1. The fourth-order valence-corrected chi connectivity index (χ4v) is 2.49. The van der Waals surface area contributed by atoms with Gasteiger partial charge in [0.25, 0.3) is 5.91 Å². The molecule has 0 radical (unpaired) electrons. The molecule has 0 bridgehead atoms. The zero-order chi connectivity index (χ0) is 16.2. The number of nitrogens with one attached hydrogen (secondary N) is 1. The lowest BCUT2D eigenvalue weighted by molar-refractivity contribution is 0.0904. The van der Waals surface area contributed by atoms with E-state index in [4.69, 9.17) is 4.42 Å². The summed E-state index contributed by atoms with van der Waals surface area (Å²) in [6.45, 7) is -0.0504. The molecule has 0 spiro atoms. The van der Waals surface area contributed by atoms with Crippen LogP contribution in [0.25, 0.3) is 11.0 Å². The summed E-state index contributed by atoms with van der Waals surface area (Å²) in [4.78, 5) is 12.4. The van der Waals surface area contributed by atoms with Gasteiger partial charge in [-0.2, -0.15) is 0 Å². The molecule has 2 aromatic carbocycles. The van der Waals surface area contributed by atoms with E-state index in [0.29, 0.717) is 17.4 Å². The van der Waals surface area contributed by atoms with Gasteiger partial charge in [-0.1, -0.05) is 30.3 Å². The Labute approximate surface area is 132 Å². The van der Waals surface area contributed by atoms with Crippen LogP contribution < -0.4 is 5.32 Å². The lowest BCUT2D eigenvalue weighted by Gasteiger charge is -2.17. The van der Waals surface area contributed by atoms with E-state index in [9.17, 15) is 14.3 Å². The minimum atomic E-state index is -0.399. The molecule has 0 aliphatic rings. The fourth-order valence-electron chi connectivity index (χ4n) is 2.49. The molecule has 2 N–H and O–H groups in total. The molecule has 0 saturated heterocycles. The predicted octanol–water partition coefficient (Wildman–Crippen LogP) is 3.43. The number of hydrogen-bond acceptors (Lipinski definition) is 3. The fraction of sp³-hybridized carbons (Fsp3) is 0.167. The zero-order valence-electron chi connectivity index (χ0n) is 12.3. The van der Waals surface area contributed by atoms with Crippen molar-refractivity contribution >= 4 is 16.9 Å². The first-order valence-electron chi connectivity index (χ1n) is 7.33. The van der Waals surface area contributed by atoms with Crippen LogP contribution in [0.2, 0.25) is 0 Å². The van der Waals surface area contributed by atoms with E-state index in [2.05, 4.69) is 5.32 Å². The largest absolute Gasteiger partial charge is 0.451 e. The first-order chi connectivity index (χ1) is 11.2. The van der Waals surface area contributed by atoms with Gasteiger partial charge in [-0.05, 0) is 36.2 Å². The molecule has 1 atom stereocenters. The maximum atomic E-state index is 13.2. The Balaban J connectivity index is 1.83. The molecule has 1 heterocycles. The van der Waals surface area contributed by atoms with E-state index in [0.717, 1.165) is 5.56 Å². The van der Waals surface area contributed by atoms with Gasteiger partial charge in [-0.3, -0.25) is 4.79 Å². The number of fused-ring (bicyclic) bond motifs is 1. The van der Waals surface area contributed by atoms with Crippen molar-refractivity contribution < 1.29 is 18.7 Å². The van der Waals surface area contributed by atoms with Crippen molar-refractivity contribution in [3.8, 4) is 0 Å². The van der Waals surface area contributed by atoms with Gasteiger partial charge < -0.3 is 14.8 Å². The Morgan fingerprint density at radius 2 is 1.96 bits per heavy atom. The van der Waals surface area contributed by atoms with Gasteiger partial charge >= 0.3 is 0 Å². The van der Waals surface area contributed by atoms with Crippen LogP contribution in [0.15, 0.2) is 59.0 Å². The summed E-state index contributed by atoms with van der Waals surface area (Å²) in [7, 11) is 0. The molecule has 5 heteroatoms. The highest BCUT2D eigenvalue weighted by molar-refractivity contribution is 5.96. The Bertz CT molecular complexity index is 814. The van der Waals surface area contributed by atoms with Crippen LogP contribution in [0.5, 0.6) is 0 Å². The maximum absolute atomic E-state index is 13.2. The van der Waals surface area contributed by atoms with Crippen LogP contribution in [0, 0.1) is 5.82 Å². The molecule has 0 saturated carbocycles. The van der Waals surface area contributed by atoms with E-state index < -0.39 is 5.91 Å². The quantitative estimate of drug-likeness (QED) is 0.758. The molecule has 23 heavy (non-hydrogen) atoms. The minimum Gasteiger partial charge on any atom is -0.451 e. The SMILES string of the molecule is O=C(NC(CCO)c1ccccc1)c1cc2cc(F)ccc2o1. The van der Waals surface area contributed by atoms with Gasteiger partial charge in [-0.15, -0.1) is 0 Å². The average molecular weight is 313 g/mol. The summed E-state index contributed by atoms with van der Waals surface area (Å²) in [5, 5.41) is 12.6. The average Bonchev–Trinajstić information content (AvgIpc) is 2.98. The number of aliphatic hydroxyl groups excluding tert-OH is 1. The van der Waals surface area contributed by atoms with Crippen LogP contribution in [0.1, 0.15) is 28.6 Å². The molecule has 1 aromatic heterocycles. The van der Waals surface area contributed by atoms with Gasteiger partial charge in [0, 0.05) is 12.0 Å². The van der Waals surface area contributed by atoms with Crippen molar-refractivity contribution in [2.75, 3.05) is 6.61 Å². The summed E-state index contributed by atoms with van der Waals surface area (Å²) < 4.78 is 18.7. The summed E-state index contributed by atoms with van der Waals surface area (Å²) in [5.74, 6) is -0.666. The third kappa shape index (κ3) is 3.40. The van der Waals surface area contributed by atoms with Crippen LogP contribution in [-0.4, -0.2) is 17.6 Å². The van der Waals surface area contributed by atoms with Crippen molar-refractivity contribution in [1.29, 1.82) is 0 Å². The summed E-state index contributed by atoms with van der Waals surface area (Å²) >= 11 is 0. The monoisotopic (exact) mass is 313 g/mol. The van der Waals surface area contributed by atoms with Crippen LogP contribution in [0.3, 0.4) is 0 Å². The number of benzene rings is 2. The predicted molar refractivity (Wildman–Crippen MR) is 84.5 cm³/mol. The Hall–Kier alpha value is -2.66. The van der Waals surface area contributed by atoms with Crippen molar-refractivity contribution in [1.82, 2.24) is 5.32 Å². The topological polar surface area (TPSA) is 62.5 Å². The smallest absolute Gasteiger partial charge is 0.287 e. The first-order valence-corrected chi connectivity index (χ1v) is 7.33. The standard InChI is InChI=1S/C18H16FNO3/c19-14-6-7-16-13(10-14)11-17(23-16)18(22)20-15(8-9-21)12-4-2-1-3-5-12/h1-7,10-11,15,21H,8-9H2,(H,20,22). The van der Waals surface area contributed by atoms with Gasteiger partial charge in [-0.25, -0.2) is 4.39 Å². The number of furan rings is 1. The van der Waals surface area contributed by atoms with Crippen molar-refractivity contribution in [2.45, 2.75) is 12.5 Å². The molecule has 3 aromatic rings. The minimum absolute atomic E-state index is 0.0504. The molecule has 3 rings (SSSR count). The number of rotatable bonds is 5. The zero-order valence-corrected chi connectivity index (χ0v) is 12.3. The lowest BCUT2D eigenvalue weighted by Crippen LogP contribution is -2.28. The van der Waals surface area contributed by atoms with E-state index in [1.54, 1.807) is 0 Å². The first kappa shape index (κ1) is 15.2. The number of carbonyl (C=O) groups is 1. The summed E-state index contributed by atoms with van der Waals surface area (Å²) in [6, 6.07) is 14.7. The number of halogens is 1. The normalized spacial score (nSPS) is 12.3. The summed E-state index contributed by atoms with van der Waals surface area (Å²) in [6.07, 6.45) is 0.393. The lowest BCUT2D eigenvalue weighted by atomic mass is 10.0. The molecular formula is C18H16FNO3. The van der Waals surface area contributed by atoms with Crippen LogP contribution in [-0.2, 0) is 0 Å².